The zero-order chi connectivity index (χ0) is 15.2. The van der Waals surface area contributed by atoms with Gasteiger partial charge < -0.3 is 10.6 Å². The van der Waals surface area contributed by atoms with Crippen molar-refractivity contribution in [2.75, 3.05) is 17.2 Å². The molecule has 0 atom stereocenters. The largest absolute Gasteiger partial charge is 0.385 e. The number of anilines is 2. The van der Waals surface area contributed by atoms with Crippen molar-refractivity contribution in [1.82, 2.24) is 0 Å². The summed E-state index contributed by atoms with van der Waals surface area (Å²) in [6.07, 6.45) is 1.08. The number of rotatable bonds is 5. The van der Waals surface area contributed by atoms with Crippen molar-refractivity contribution < 1.29 is 4.79 Å². The molecule has 0 aliphatic rings. The second kappa shape index (κ2) is 6.93. The van der Waals surface area contributed by atoms with Crippen molar-refractivity contribution >= 4 is 17.3 Å². The van der Waals surface area contributed by atoms with Gasteiger partial charge in [-0.05, 0) is 67.8 Å². The van der Waals surface area contributed by atoms with E-state index in [1.807, 2.05) is 50.2 Å². The first-order valence-corrected chi connectivity index (χ1v) is 7.32. The number of amides is 1. The number of benzene rings is 2. The van der Waals surface area contributed by atoms with Crippen LogP contribution in [0.3, 0.4) is 0 Å². The van der Waals surface area contributed by atoms with E-state index in [1.54, 1.807) is 0 Å². The van der Waals surface area contributed by atoms with Gasteiger partial charge in [0.15, 0.2) is 0 Å². The van der Waals surface area contributed by atoms with E-state index in [0.717, 1.165) is 35.5 Å². The van der Waals surface area contributed by atoms with Gasteiger partial charge in [-0.3, -0.25) is 4.79 Å². The van der Waals surface area contributed by atoms with E-state index in [-0.39, 0.29) is 5.91 Å². The Morgan fingerprint density at radius 2 is 1.57 bits per heavy atom. The molecule has 3 nitrogen and oxygen atoms in total. The zero-order valence-corrected chi connectivity index (χ0v) is 12.9. The summed E-state index contributed by atoms with van der Waals surface area (Å²) in [7, 11) is 0. The number of carbonyl (C=O) groups excluding carboxylic acids is 1. The van der Waals surface area contributed by atoms with E-state index < -0.39 is 0 Å². The summed E-state index contributed by atoms with van der Waals surface area (Å²) in [5.74, 6) is -0.0814. The summed E-state index contributed by atoms with van der Waals surface area (Å²) < 4.78 is 0. The summed E-state index contributed by atoms with van der Waals surface area (Å²) in [5.41, 5.74) is 4.83. The minimum absolute atomic E-state index is 0.0814. The van der Waals surface area contributed by atoms with Crippen molar-refractivity contribution in [3.63, 3.8) is 0 Å². The molecule has 21 heavy (non-hydrogen) atoms. The smallest absolute Gasteiger partial charge is 0.255 e. The lowest BCUT2D eigenvalue weighted by molar-refractivity contribution is 0.102. The van der Waals surface area contributed by atoms with E-state index in [0.29, 0.717) is 5.56 Å². The Balaban J connectivity index is 2.06. The molecule has 0 saturated carbocycles. The molecule has 1 amide bonds. The van der Waals surface area contributed by atoms with Crippen LogP contribution in [0.1, 0.15) is 34.8 Å². The predicted octanol–water partition coefficient (Wildman–Crippen LogP) is 4.38. The highest BCUT2D eigenvalue weighted by molar-refractivity contribution is 6.04. The van der Waals surface area contributed by atoms with Crippen LogP contribution in [0.4, 0.5) is 11.4 Å². The molecule has 0 aliphatic heterocycles. The third kappa shape index (κ3) is 4.35. The van der Waals surface area contributed by atoms with Gasteiger partial charge in [0.2, 0.25) is 0 Å². The van der Waals surface area contributed by atoms with Crippen LogP contribution in [-0.4, -0.2) is 12.5 Å². The molecule has 2 N–H and O–H groups in total. The van der Waals surface area contributed by atoms with Crippen LogP contribution < -0.4 is 10.6 Å². The molecule has 2 aromatic rings. The summed E-state index contributed by atoms with van der Waals surface area (Å²) >= 11 is 0. The topological polar surface area (TPSA) is 41.1 Å². The molecule has 0 bridgehead atoms. The van der Waals surface area contributed by atoms with Gasteiger partial charge in [-0.2, -0.15) is 0 Å². The third-order valence-electron chi connectivity index (χ3n) is 3.21. The van der Waals surface area contributed by atoms with Crippen LogP contribution in [0.5, 0.6) is 0 Å². The van der Waals surface area contributed by atoms with Crippen LogP contribution in [0, 0.1) is 13.8 Å². The Labute approximate surface area is 126 Å². The Kier molecular flexibility index (Phi) is 4.99. The maximum Gasteiger partial charge on any atom is 0.255 e. The first-order valence-electron chi connectivity index (χ1n) is 7.32. The molecule has 0 unspecified atom stereocenters. The maximum absolute atomic E-state index is 12.2. The predicted molar refractivity (Wildman–Crippen MR) is 89.1 cm³/mol. The Hall–Kier alpha value is -2.29. The van der Waals surface area contributed by atoms with Crippen LogP contribution in [0.2, 0.25) is 0 Å². The lowest BCUT2D eigenvalue weighted by atomic mass is 10.1. The molecule has 2 aromatic carbocycles. The number of hydrogen-bond donors (Lipinski definition) is 2. The van der Waals surface area contributed by atoms with Crippen molar-refractivity contribution in [3.05, 3.63) is 59.2 Å². The van der Waals surface area contributed by atoms with Gasteiger partial charge in [0.1, 0.15) is 0 Å². The average molecular weight is 282 g/mol. The van der Waals surface area contributed by atoms with Gasteiger partial charge in [-0.25, -0.2) is 0 Å². The molecule has 0 spiro atoms. The van der Waals surface area contributed by atoms with E-state index in [1.165, 1.54) is 0 Å². The zero-order valence-electron chi connectivity index (χ0n) is 12.9. The quantitative estimate of drug-likeness (QED) is 0.854. The van der Waals surface area contributed by atoms with Crippen molar-refractivity contribution in [2.24, 2.45) is 0 Å². The van der Waals surface area contributed by atoms with Gasteiger partial charge >= 0.3 is 0 Å². The standard InChI is InChI=1S/C18H22N2O/c1-4-9-19-16-7-5-15(6-8-16)18(21)20-17-11-13(2)10-14(3)12-17/h5-8,10-12,19H,4,9H2,1-3H3,(H,20,21). The van der Waals surface area contributed by atoms with E-state index >= 15 is 0 Å². The van der Waals surface area contributed by atoms with E-state index in [2.05, 4.69) is 23.6 Å². The Bertz CT molecular complexity index is 597. The molecule has 3 heteroatoms. The van der Waals surface area contributed by atoms with Crippen LogP contribution in [0.25, 0.3) is 0 Å². The van der Waals surface area contributed by atoms with Crippen molar-refractivity contribution in [1.29, 1.82) is 0 Å². The third-order valence-corrected chi connectivity index (χ3v) is 3.21. The summed E-state index contributed by atoms with van der Waals surface area (Å²) in [5, 5.41) is 6.24. The minimum Gasteiger partial charge on any atom is -0.385 e. The molecule has 0 aromatic heterocycles. The normalized spacial score (nSPS) is 10.2. The minimum atomic E-state index is -0.0814. The molecule has 0 heterocycles. The monoisotopic (exact) mass is 282 g/mol. The summed E-state index contributed by atoms with van der Waals surface area (Å²) in [6, 6.07) is 13.6. The first kappa shape index (κ1) is 15.1. The van der Waals surface area contributed by atoms with Gasteiger partial charge in [0.05, 0.1) is 0 Å². The van der Waals surface area contributed by atoms with Gasteiger partial charge in [0, 0.05) is 23.5 Å². The fourth-order valence-electron chi connectivity index (χ4n) is 2.26. The maximum atomic E-state index is 12.2. The summed E-state index contributed by atoms with van der Waals surface area (Å²) in [6.45, 7) is 7.11. The molecule has 0 radical (unpaired) electrons. The Morgan fingerprint density at radius 1 is 0.952 bits per heavy atom. The molecule has 0 aliphatic carbocycles. The van der Waals surface area contributed by atoms with Crippen LogP contribution in [0.15, 0.2) is 42.5 Å². The van der Waals surface area contributed by atoms with Gasteiger partial charge in [0.25, 0.3) is 5.91 Å². The molecule has 110 valence electrons. The molecule has 0 fully saturated rings. The van der Waals surface area contributed by atoms with Gasteiger partial charge in [-0.15, -0.1) is 0 Å². The lowest BCUT2D eigenvalue weighted by Crippen LogP contribution is -2.12. The Morgan fingerprint density at radius 3 is 2.14 bits per heavy atom. The number of nitrogens with one attached hydrogen (secondary N) is 2. The molecule has 0 saturated heterocycles. The van der Waals surface area contributed by atoms with E-state index in [9.17, 15) is 4.79 Å². The SMILES string of the molecule is CCCNc1ccc(C(=O)Nc2cc(C)cc(C)c2)cc1. The fourth-order valence-corrected chi connectivity index (χ4v) is 2.26. The second-order valence-corrected chi connectivity index (χ2v) is 5.33. The number of carbonyl (C=O) groups is 1. The fraction of sp³-hybridized carbons (Fsp3) is 0.278. The highest BCUT2D eigenvalue weighted by atomic mass is 16.1. The molecular formula is C18H22N2O. The van der Waals surface area contributed by atoms with Gasteiger partial charge in [-0.1, -0.05) is 13.0 Å². The summed E-state index contributed by atoms with van der Waals surface area (Å²) in [4.78, 5) is 12.2. The second-order valence-electron chi connectivity index (χ2n) is 5.33. The average Bonchev–Trinajstić information content (AvgIpc) is 2.44. The van der Waals surface area contributed by atoms with E-state index in [4.69, 9.17) is 0 Å². The van der Waals surface area contributed by atoms with Crippen LogP contribution >= 0.6 is 0 Å². The van der Waals surface area contributed by atoms with Crippen LogP contribution in [-0.2, 0) is 0 Å². The highest BCUT2D eigenvalue weighted by Gasteiger charge is 2.06. The molecular weight excluding hydrogens is 260 g/mol. The number of aryl methyl sites for hydroxylation is 2. The lowest BCUT2D eigenvalue weighted by Gasteiger charge is -2.09. The van der Waals surface area contributed by atoms with Crippen molar-refractivity contribution in [3.8, 4) is 0 Å². The van der Waals surface area contributed by atoms with Crippen molar-refractivity contribution in [2.45, 2.75) is 27.2 Å². The first-order chi connectivity index (χ1) is 10.1. The number of hydrogen-bond acceptors (Lipinski definition) is 2. The highest BCUT2D eigenvalue weighted by Crippen LogP contribution is 2.16. The molecule has 2 rings (SSSR count).